The molecule has 4 rings (SSSR count). The first-order valence-corrected chi connectivity index (χ1v) is 8.83. The number of aromatic nitrogens is 3. The average molecular weight is 342 g/mol. The molecule has 7 heteroatoms. The van der Waals surface area contributed by atoms with Gasteiger partial charge in [-0.3, -0.25) is 0 Å². The zero-order valence-corrected chi connectivity index (χ0v) is 14.0. The number of anilines is 1. The summed E-state index contributed by atoms with van der Waals surface area (Å²) in [7, 11) is 1.67. The molecule has 0 bridgehead atoms. The van der Waals surface area contributed by atoms with E-state index in [2.05, 4.69) is 32.2 Å². The van der Waals surface area contributed by atoms with Crippen LogP contribution in [0.2, 0.25) is 0 Å². The topological polar surface area (TPSA) is 51.5 Å². The fourth-order valence-corrected chi connectivity index (χ4v) is 3.71. The number of hydrogen-bond donors (Lipinski definition) is 1. The minimum atomic E-state index is 0.717. The standard InChI is InChI=1S/C16H14N4OS2/c1-21-13-4-2-11(3-5-13)8-17-15-19-20-14(9-18-16(20)23-15)12-6-7-22-10-12/h2-7,9-10H,8H2,1H3,(H,17,19). The Kier molecular flexibility index (Phi) is 3.72. The predicted octanol–water partition coefficient (Wildman–Crippen LogP) is 4.14. The number of nitrogens with one attached hydrogen (secondary N) is 1. The highest BCUT2D eigenvalue weighted by Gasteiger charge is 2.11. The van der Waals surface area contributed by atoms with E-state index in [4.69, 9.17) is 4.74 Å². The van der Waals surface area contributed by atoms with Crippen LogP contribution in [0, 0.1) is 0 Å². The summed E-state index contributed by atoms with van der Waals surface area (Å²) in [6.07, 6.45) is 1.87. The molecule has 0 aliphatic carbocycles. The number of benzene rings is 1. The molecule has 116 valence electrons. The number of hydrogen-bond acceptors (Lipinski definition) is 6. The van der Waals surface area contributed by atoms with E-state index in [1.165, 1.54) is 5.56 Å². The zero-order valence-electron chi connectivity index (χ0n) is 12.4. The van der Waals surface area contributed by atoms with Crippen LogP contribution in [0.25, 0.3) is 16.2 Å². The third-order valence-electron chi connectivity index (χ3n) is 3.51. The van der Waals surface area contributed by atoms with Crippen molar-refractivity contribution in [3.8, 4) is 17.0 Å². The van der Waals surface area contributed by atoms with E-state index in [0.717, 1.165) is 27.1 Å². The molecule has 0 amide bonds. The molecule has 5 nitrogen and oxygen atoms in total. The fraction of sp³-hybridized carbons (Fsp3) is 0.125. The van der Waals surface area contributed by atoms with Gasteiger partial charge in [-0.1, -0.05) is 23.5 Å². The van der Waals surface area contributed by atoms with Gasteiger partial charge in [0.25, 0.3) is 0 Å². The first kappa shape index (κ1) is 14.2. The second kappa shape index (κ2) is 6.02. The van der Waals surface area contributed by atoms with Gasteiger partial charge in [0.1, 0.15) is 5.75 Å². The molecule has 0 saturated carbocycles. The Labute approximate surface area is 141 Å². The van der Waals surface area contributed by atoms with Crippen molar-refractivity contribution in [3.63, 3.8) is 0 Å². The Balaban J connectivity index is 1.53. The quantitative estimate of drug-likeness (QED) is 0.592. The largest absolute Gasteiger partial charge is 0.497 e. The maximum atomic E-state index is 5.17. The number of ether oxygens (including phenoxy) is 1. The Bertz CT molecular complexity index is 910. The summed E-state index contributed by atoms with van der Waals surface area (Å²) in [6, 6.07) is 10.1. The van der Waals surface area contributed by atoms with Gasteiger partial charge in [-0.25, -0.2) is 9.50 Å². The van der Waals surface area contributed by atoms with Gasteiger partial charge in [-0.2, -0.15) is 11.3 Å². The van der Waals surface area contributed by atoms with Crippen LogP contribution in [0.3, 0.4) is 0 Å². The molecule has 0 aliphatic heterocycles. The van der Waals surface area contributed by atoms with Gasteiger partial charge in [0.05, 0.1) is 19.0 Å². The van der Waals surface area contributed by atoms with Crippen LogP contribution in [-0.4, -0.2) is 21.7 Å². The maximum Gasteiger partial charge on any atom is 0.214 e. The van der Waals surface area contributed by atoms with Gasteiger partial charge in [0, 0.05) is 17.5 Å². The lowest BCUT2D eigenvalue weighted by Gasteiger charge is -2.04. The smallest absolute Gasteiger partial charge is 0.214 e. The molecule has 3 aromatic heterocycles. The van der Waals surface area contributed by atoms with Gasteiger partial charge < -0.3 is 10.1 Å². The third-order valence-corrected chi connectivity index (χ3v) is 5.07. The molecule has 0 radical (unpaired) electrons. The van der Waals surface area contributed by atoms with Crippen molar-refractivity contribution >= 4 is 32.8 Å². The van der Waals surface area contributed by atoms with Gasteiger partial charge in [-0.05, 0) is 29.1 Å². The minimum absolute atomic E-state index is 0.717. The Morgan fingerprint density at radius 1 is 1.22 bits per heavy atom. The van der Waals surface area contributed by atoms with Gasteiger partial charge in [0.15, 0.2) is 0 Å². The molecule has 23 heavy (non-hydrogen) atoms. The summed E-state index contributed by atoms with van der Waals surface area (Å²) in [5.74, 6) is 0.863. The molecule has 0 fully saturated rings. The van der Waals surface area contributed by atoms with Crippen LogP contribution < -0.4 is 10.1 Å². The van der Waals surface area contributed by atoms with Crippen molar-refractivity contribution in [2.24, 2.45) is 0 Å². The molecule has 0 atom stereocenters. The summed E-state index contributed by atoms with van der Waals surface area (Å²) >= 11 is 3.22. The number of rotatable bonds is 5. The van der Waals surface area contributed by atoms with Crippen molar-refractivity contribution in [3.05, 3.63) is 52.9 Å². The molecular formula is C16H14N4OS2. The van der Waals surface area contributed by atoms with Crippen molar-refractivity contribution in [1.29, 1.82) is 0 Å². The van der Waals surface area contributed by atoms with E-state index in [1.54, 1.807) is 29.8 Å². The summed E-state index contributed by atoms with van der Waals surface area (Å²) in [4.78, 5) is 5.33. The lowest BCUT2D eigenvalue weighted by Crippen LogP contribution is -2.00. The van der Waals surface area contributed by atoms with E-state index in [1.807, 2.05) is 35.0 Å². The summed E-state index contributed by atoms with van der Waals surface area (Å²) in [5.41, 5.74) is 3.35. The number of nitrogens with zero attached hydrogens (tertiary/aromatic N) is 3. The molecule has 0 saturated heterocycles. The van der Waals surface area contributed by atoms with Crippen LogP contribution in [0.15, 0.2) is 47.3 Å². The summed E-state index contributed by atoms with van der Waals surface area (Å²) in [6.45, 7) is 0.717. The third kappa shape index (κ3) is 2.80. The average Bonchev–Trinajstić information content (AvgIpc) is 3.29. The second-order valence-corrected chi connectivity index (χ2v) is 6.69. The molecule has 1 aromatic carbocycles. The number of methoxy groups -OCH3 is 1. The minimum Gasteiger partial charge on any atom is -0.497 e. The van der Waals surface area contributed by atoms with Gasteiger partial charge in [-0.15, -0.1) is 5.10 Å². The molecule has 0 aliphatic rings. The first-order valence-electron chi connectivity index (χ1n) is 7.07. The lowest BCUT2D eigenvalue weighted by molar-refractivity contribution is 0.414. The summed E-state index contributed by atoms with van der Waals surface area (Å²) in [5, 5.41) is 13.0. The van der Waals surface area contributed by atoms with Crippen molar-refractivity contribution in [2.75, 3.05) is 12.4 Å². The molecule has 0 spiro atoms. The molecule has 0 unspecified atom stereocenters. The van der Waals surface area contributed by atoms with E-state index in [0.29, 0.717) is 6.54 Å². The highest BCUT2D eigenvalue weighted by molar-refractivity contribution is 7.20. The highest BCUT2D eigenvalue weighted by atomic mass is 32.1. The van der Waals surface area contributed by atoms with Crippen LogP contribution in [0.1, 0.15) is 5.56 Å². The van der Waals surface area contributed by atoms with E-state index in [9.17, 15) is 0 Å². The lowest BCUT2D eigenvalue weighted by atomic mass is 10.2. The Morgan fingerprint density at radius 3 is 2.83 bits per heavy atom. The SMILES string of the molecule is COc1ccc(CNc2nn3c(-c4ccsc4)cnc3s2)cc1. The first-order chi connectivity index (χ1) is 11.3. The van der Waals surface area contributed by atoms with Crippen LogP contribution in [0.5, 0.6) is 5.75 Å². The van der Waals surface area contributed by atoms with Crippen LogP contribution >= 0.6 is 22.7 Å². The summed E-state index contributed by atoms with van der Waals surface area (Å²) < 4.78 is 7.06. The van der Waals surface area contributed by atoms with Crippen LogP contribution in [0.4, 0.5) is 5.13 Å². The maximum absolute atomic E-state index is 5.17. The van der Waals surface area contributed by atoms with E-state index < -0.39 is 0 Å². The molecule has 4 aromatic rings. The number of fused-ring (bicyclic) bond motifs is 1. The Hall–Kier alpha value is -2.38. The van der Waals surface area contributed by atoms with Crippen molar-refractivity contribution in [2.45, 2.75) is 6.54 Å². The molecular weight excluding hydrogens is 328 g/mol. The van der Waals surface area contributed by atoms with Crippen LogP contribution in [-0.2, 0) is 6.54 Å². The van der Waals surface area contributed by atoms with Crippen molar-refractivity contribution in [1.82, 2.24) is 14.6 Å². The highest BCUT2D eigenvalue weighted by Crippen LogP contribution is 2.27. The van der Waals surface area contributed by atoms with Crippen molar-refractivity contribution < 1.29 is 4.74 Å². The van der Waals surface area contributed by atoms with E-state index >= 15 is 0 Å². The normalized spacial score (nSPS) is 11.0. The van der Waals surface area contributed by atoms with Gasteiger partial charge >= 0.3 is 0 Å². The van der Waals surface area contributed by atoms with Gasteiger partial charge in [0.2, 0.25) is 10.1 Å². The molecule has 1 N–H and O–H groups in total. The predicted molar refractivity (Wildman–Crippen MR) is 94.5 cm³/mol. The Morgan fingerprint density at radius 2 is 2.09 bits per heavy atom. The number of imidazole rings is 1. The second-order valence-electron chi connectivity index (χ2n) is 4.96. The monoisotopic (exact) mass is 342 g/mol. The fourth-order valence-electron chi connectivity index (χ4n) is 2.29. The van der Waals surface area contributed by atoms with E-state index in [-0.39, 0.29) is 0 Å². The molecule has 3 heterocycles. The zero-order chi connectivity index (χ0) is 15.6. The number of thiophene rings is 1.